The second-order valence-electron chi connectivity index (χ2n) is 4.47. The van der Waals surface area contributed by atoms with Crippen LogP contribution in [0.15, 0.2) is 36.5 Å². The summed E-state index contributed by atoms with van der Waals surface area (Å²) in [4.78, 5) is 27.5. The molecule has 0 saturated heterocycles. The summed E-state index contributed by atoms with van der Waals surface area (Å²) in [7, 11) is 1.33. The van der Waals surface area contributed by atoms with E-state index in [-0.39, 0.29) is 5.91 Å². The molecule has 0 aliphatic heterocycles. The van der Waals surface area contributed by atoms with E-state index in [9.17, 15) is 9.59 Å². The Labute approximate surface area is 154 Å². The number of esters is 1. The van der Waals surface area contributed by atoms with Crippen molar-refractivity contribution < 1.29 is 14.3 Å². The van der Waals surface area contributed by atoms with Crippen molar-refractivity contribution in [1.29, 1.82) is 0 Å². The van der Waals surface area contributed by atoms with Gasteiger partial charge in [-0.15, -0.1) is 0 Å². The SMILES string of the molecule is CC.COC(=O)c1ccc(CNC(=O)c2cc(I)ncc2N)cc1. The molecule has 0 saturated carbocycles. The molecule has 7 heteroatoms. The Morgan fingerprint density at radius 2 is 1.88 bits per heavy atom. The zero-order valence-corrected chi connectivity index (χ0v) is 16.0. The summed E-state index contributed by atoms with van der Waals surface area (Å²) in [5, 5.41) is 2.78. The molecule has 0 aliphatic rings. The first kappa shape index (κ1) is 19.9. The zero-order valence-electron chi connectivity index (χ0n) is 13.8. The maximum absolute atomic E-state index is 12.1. The third kappa shape index (κ3) is 5.48. The number of nitrogens with zero attached hydrogens (tertiary/aromatic N) is 1. The summed E-state index contributed by atoms with van der Waals surface area (Å²) in [5.41, 5.74) is 7.80. The average molecular weight is 441 g/mol. The lowest BCUT2D eigenvalue weighted by Gasteiger charge is -2.08. The Kier molecular flexibility index (Phi) is 8.17. The molecule has 1 aromatic carbocycles. The fraction of sp³-hybridized carbons (Fsp3) is 0.235. The van der Waals surface area contributed by atoms with E-state index in [0.29, 0.717) is 27.1 Å². The van der Waals surface area contributed by atoms with Crippen molar-refractivity contribution in [2.24, 2.45) is 0 Å². The van der Waals surface area contributed by atoms with Crippen LogP contribution >= 0.6 is 22.6 Å². The van der Waals surface area contributed by atoms with Crippen LogP contribution in [0.4, 0.5) is 5.69 Å². The fourth-order valence-corrected chi connectivity index (χ4v) is 2.24. The lowest BCUT2D eigenvalue weighted by Crippen LogP contribution is -2.24. The minimum atomic E-state index is -0.394. The molecule has 128 valence electrons. The molecule has 3 N–H and O–H groups in total. The quantitative estimate of drug-likeness (QED) is 0.432. The summed E-state index contributed by atoms with van der Waals surface area (Å²) in [6, 6.07) is 8.44. The van der Waals surface area contributed by atoms with Gasteiger partial charge in [0, 0.05) is 6.54 Å². The molecule has 1 aromatic heterocycles. The van der Waals surface area contributed by atoms with Gasteiger partial charge < -0.3 is 15.8 Å². The van der Waals surface area contributed by atoms with Crippen molar-refractivity contribution in [3.8, 4) is 0 Å². The number of nitrogen functional groups attached to an aromatic ring is 1. The minimum absolute atomic E-state index is 0.269. The van der Waals surface area contributed by atoms with Crippen LogP contribution in [0.5, 0.6) is 0 Å². The standard InChI is InChI=1S/C15H14IN3O3.C2H6/c1-22-15(21)10-4-2-9(3-5-10)7-19-14(20)11-6-13(16)18-8-12(11)17;1-2/h2-6,8H,7,17H2,1H3,(H,19,20);1-2H3. The van der Waals surface area contributed by atoms with Gasteiger partial charge in [-0.25, -0.2) is 9.78 Å². The Bertz CT molecular complexity index is 703. The number of methoxy groups -OCH3 is 1. The normalized spacial score (nSPS) is 9.50. The number of nitrogens with two attached hydrogens (primary N) is 1. The number of carbonyl (C=O) groups is 2. The van der Waals surface area contributed by atoms with Gasteiger partial charge in [-0.05, 0) is 46.4 Å². The molecule has 0 aliphatic carbocycles. The Hall–Kier alpha value is -2.16. The van der Waals surface area contributed by atoms with Gasteiger partial charge in [-0.1, -0.05) is 26.0 Å². The van der Waals surface area contributed by atoms with Gasteiger partial charge in [0.2, 0.25) is 0 Å². The van der Waals surface area contributed by atoms with Crippen LogP contribution in [0.1, 0.15) is 40.1 Å². The van der Waals surface area contributed by atoms with Gasteiger partial charge in [0.1, 0.15) is 3.70 Å². The highest BCUT2D eigenvalue weighted by Crippen LogP contribution is 2.13. The predicted octanol–water partition coefficient (Wildman–Crippen LogP) is 3.01. The van der Waals surface area contributed by atoms with E-state index in [1.54, 1.807) is 30.3 Å². The third-order valence-electron chi connectivity index (χ3n) is 2.97. The summed E-state index contributed by atoms with van der Waals surface area (Å²) >= 11 is 2.02. The first-order chi connectivity index (χ1) is 11.5. The monoisotopic (exact) mass is 441 g/mol. The lowest BCUT2D eigenvalue weighted by atomic mass is 10.1. The molecular formula is C17H20IN3O3. The lowest BCUT2D eigenvalue weighted by molar-refractivity contribution is 0.0600. The molecule has 0 bridgehead atoms. The smallest absolute Gasteiger partial charge is 0.337 e. The fourth-order valence-electron chi connectivity index (χ4n) is 1.79. The van der Waals surface area contributed by atoms with E-state index >= 15 is 0 Å². The predicted molar refractivity (Wildman–Crippen MR) is 102 cm³/mol. The number of aromatic nitrogens is 1. The van der Waals surface area contributed by atoms with Crippen molar-refractivity contribution in [3.63, 3.8) is 0 Å². The number of pyridine rings is 1. The number of anilines is 1. The maximum Gasteiger partial charge on any atom is 0.337 e. The van der Waals surface area contributed by atoms with Gasteiger partial charge >= 0.3 is 5.97 Å². The number of nitrogens with one attached hydrogen (secondary N) is 1. The van der Waals surface area contributed by atoms with Crippen molar-refractivity contribution >= 4 is 40.2 Å². The van der Waals surface area contributed by atoms with Crippen molar-refractivity contribution in [1.82, 2.24) is 10.3 Å². The van der Waals surface area contributed by atoms with Crippen LogP contribution in [0.2, 0.25) is 0 Å². The Balaban J connectivity index is 0.00000139. The van der Waals surface area contributed by atoms with Crippen LogP contribution in [0.3, 0.4) is 0 Å². The van der Waals surface area contributed by atoms with Gasteiger partial charge in [-0.2, -0.15) is 0 Å². The van der Waals surface area contributed by atoms with E-state index in [1.807, 2.05) is 36.4 Å². The Morgan fingerprint density at radius 1 is 1.25 bits per heavy atom. The van der Waals surface area contributed by atoms with Gasteiger partial charge in [0.25, 0.3) is 5.91 Å². The molecule has 6 nitrogen and oxygen atoms in total. The summed E-state index contributed by atoms with van der Waals surface area (Å²) in [6.45, 7) is 4.33. The molecule has 1 amide bonds. The van der Waals surface area contributed by atoms with Crippen molar-refractivity contribution in [2.75, 3.05) is 12.8 Å². The summed E-state index contributed by atoms with van der Waals surface area (Å²) in [6.07, 6.45) is 1.46. The number of carbonyl (C=O) groups excluding carboxylic acids is 2. The topological polar surface area (TPSA) is 94.3 Å². The van der Waals surface area contributed by atoms with Crippen LogP contribution < -0.4 is 11.1 Å². The number of rotatable bonds is 4. The van der Waals surface area contributed by atoms with Gasteiger partial charge in [0.15, 0.2) is 0 Å². The Morgan fingerprint density at radius 3 is 2.46 bits per heavy atom. The molecule has 0 fully saturated rings. The molecule has 24 heavy (non-hydrogen) atoms. The van der Waals surface area contributed by atoms with Crippen molar-refractivity contribution in [2.45, 2.75) is 20.4 Å². The minimum Gasteiger partial charge on any atom is -0.465 e. The largest absolute Gasteiger partial charge is 0.465 e. The molecule has 2 rings (SSSR count). The third-order valence-corrected chi connectivity index (χ3v) is 3.56. The second kappa shape index (κ2) is 9.86. The zero-order chi connectivity index (χ0) is 18.1. The highest BCUT2D eigenvalue weighted by molar-refractivity contribution is 14.1. The van der Waals surface area contributed by atoms with E-state index < -0.39 is 5.97 Å². The summed E-state index contributed by atoms with van der Waals surface area (Å²) in [5.74, 6) is -0.662. The average Bonchev–Trinajstić information content (AvgIpc) is 2.63. The number of hydrogen-bond acceptors (Lipinski definition) is 5. The number of amides is 1. The maximum atomic E-state index is 12.1. The highest BCUT2D eigenvalue weighted by atomic mass is 127. The molecule has 0 spiro atoms. The van der Waals surface area contributed by atoms with E-state index in [0.717, 1.165) is 5.56 Å². The first-order valence-electron chi connectivity index (χ1n) is 7.37. The molecule has 0 atom stereocenters. The first-order valence-corrected chi connectivity index (χ1v) is 8.45. The molecular weight excluding hydrogens is 421 g/mol. The number of ether oxygens (including phenoxy) is 1. The van der Waals surface area contributed by atoms with Crippen LogP contribution in [0, 0.1) is 3.70 Å². The molecule has 0 unspecified atom stereocenters. The number of benzene rings is 1. The van der Waals surface area contributed by atoms with Crippen molar-refractivity contribution in [3.05, 3.63) is 56.9 Å². The highest BCUT2D eigenvalue weighted by Gasteiger charge is 2.11. The number of halogens is 1. The van der Waals surface area contributed by atoms with Crippen LogP contribution in [-0.4, -0.2) is 24.0 Å². The summed E-state index contributed by atoms with van der Waals surface area (Å²) < 4.78 is 5.32. The van der Waals surface area contributed by atoms with Crippen LogP contribution in [0.25, 0.3) is 0 Å². The van der Waals surface area contributed by atoms with Gasteiger partial charge in [0.05, 0.1) is 30.1 Å². The van der Waals surface area contributed by atoms with Crippen LogP contribution in [-0.2, 0) is 11.3 Å². The number of hydrogen-bond donors (Lipinski definition) is 2. The molecule has 1 heterocycles. The molecule has 2 aromatic rings. The van der Waals surface area contributed by atoms with Gasteiger partial charge in [-0.3, -0.25) is 4.79 Å². The molecule has 0 radical (unpaired) electrons. The van der Waals surface area contributed by atoms with E-state index in [2.05, 4.69) is 15.0 Å². The van der Waals surface area contributed by atoms with E-state index in [1.165, 1.54) is 13.3 Å². The second-order valence-corrected chi connectivity index (χ2v) is 5.57. The van der Waals surface area contributed by atoms with E-state index in [4.69, 9.17) is 5.73 Å².